The van der Waals surface area contributed by atoms with Crippen LogP contribution < -0.4 is 10.1 Å². The Bertz CT molecular complexity index is 388. The van der Waals surface area contributed by atoms with Gasteiger partial charge in [-0.2, -0.15) is 0 Å². The molecule has 1 unspecified atom stereocenters. The van der Waals surface area contributed by atoms with Gasteiger partial charge in [-0.25, -0.2) is 0 Å². The highest BCUT2D eigenvalue weighted by Gasteiger charge is 2.25. The van der Waals surface area contributed by atoms with E-state index in [0.29, 0.717) is 6.04 Å². The van der Waals surface area contributed by atoms with E-state index >= 15 is 0 Å². The Morgan fingerprint density at radius 2 is 2.05 bits per heavy atom. The number of likely N-dealkylation sites (N-methyl/N-ethyl adjacent to an activating group) is 1. The molecule has 1 atom stereocenters. The lowest BCUT2D eigenvalue weighted by Gasteiger charge is -2.32. The van der Waals surface area contributed by atoms with Crippen LogP contribution in [0, 0.1) is 11.8 Å². The third kappa shape index (κ3) is 4.39. The third-order valence-electron chi connectivity index (χ3n) is 4.23. The highest BCUT2D eigenvalue weighted by Crippen LogP contribution is 2.30. The monoisotopic (exact) mass is 281 g/mol. The van der Waals surface area contributed by atoms with Gasteiger partial charge in [-0.3, -0.25) is 0 Å². The van der Waals surface area contributed by atoms with Crippen molar-refractivity contribution in [2.45, 2.75) is 38.6 Å². The van der Waals surface area contributed by atoms with Crippen LogP contribution in [0.3, 0.4) is 0 Å². The number of ether oxygens (including phenoxy) is 1. The van der Waals surface area contributed by atoms with E-state index < -0.39 is 0 Å². The molecule has 106 valence electrons. The van der Waals surface area contributed by atoms with Crippen molar-refractivity contribution in [3.8, 4) is 5.75 Å². The molecular weight excluding hydrogens is 258 g/mol. The van der Waals surface area contributed by atoms with Crippen molar-refractivity contribution in [1.82, 2.24) is 5.32 Å². The fraction of sp³-hybridized carbons (Fsp3) is 0.625. The number of halogens is 1. The van der Waals surface area contributed by atoms with Crippen LogP contribution in [0.2, 0.25) is 5.02 Å². The molecule has 1 N–H and O–H groups in total. The molecule has 2 nitrogen and oxygen atoms in total. The minimum absolute atomic E-state index is 0.437. The van der Waals surface area contributed by atoms with Gasteiger partial charge in [-0.15, -0.1) is 0 Å². The van der Waals surface area contributed by atoms with E-state index in [4.69, 9.17) is 16.3 Å². The molecule has 0 aromatic heterocycles. The number of benzene rings is 1. The van der Waals surface area contributed by atoms with Crippen LogP contribution in [-0.4, -0.2) is 19.7 Å². The van der Waals surface area contributed by atoms with Gasteiger partial charge in [-0.05, 0) is 49.9 Å². The van der Waals surface area contributed by atoms with Gasteiger partial charge < -0.3 is 10.1 Å². The van der Waals surface area contributed by atoms with E-state index in [1.807, 2.05) is 31.3 Å². The standard InChI is InChI=1S/C16H24ClNO/c1-12-6-8-13(9-7-12)16(18-2)11-19-15-5-3-4-14(17)10-15/h3-5,10,12-13,16,18H,6-9,11H2,1-2H3. The van der Waals surface area contributed by atoms with E-state index in [-0.39, 0.29) is 0 Å². The zero-order valence-corrected chi connectivity index (χ0v) is 12.6. The molecule has 1 fully saturated rings. The van der Waals surface area contributed by atoms with Crippen molar-refractivity contribution in [2.24, 2.45) is 11.8 Å². The van der Waals surface area contributed by atoms with Gasteiger partial charge in [0.15, 0.2) is 0 Å². The smallest absolute Gasteiger partial charge is 0.120 e. The van der Waals surface area contributed by atoms with Crippen molar-refractivity contribution in [3.05, 3.63) is 29.3 Å². The summed E-state index contributed by atoms with van der Waals surface area (Å²) in [6.45, 7) is 3.07. The van der Waals surface area contributed by atoms with Crippen molar-refractivity contribution in [2.75, 3.05) is 13.7 Å². The summed E-state index contributed by atoms with van der Waals surface area (Å²) in [5, 5.41) is 4.14. The maximum Gasteiger partial charge on any atom is 0.120 e. The molecule has 19 heavy (non-hydrogen) atoms. The lowest BCUT2D eigenvalue weighted by atomic mass is 9.79. The van der Waals surface area contributed by atoms with Crippen LogP contribution in [0.1, 0.15) is 32.6 Å². The summed E-state index contributed by atoms with van der Waals surface area (Å²) >= 11 is 5.96. The van der Waals surface area contributed by atoms with Crippen molar-refractivity contribution < 1.29 is 4.74 Å². The van der Waals surface area contributed by atoms with Crippen LogP contribution >= 0.6 is 11.6 Å². The summed E-state index contributed by atoms with van der Waals surface area (Å²) < 4.78 is 5.87. The second-order valence-electron chi connectivity index (χ2n) is 5.68. The molecule has 0 bridgehead atoms. The molecule has 0 radical (unpaired) electrons. The molecule has 1 aliphatic rings. The lowest BCUT2D eigenvalue weighted by molar-refractivity contribution is 0.176. The lowest BCUT2D eigenvalue weighted by Crippen LogP contribution is -2.40. The van der Waals surface area contributed by atoms with Gasteiger partial charge in [0.05, 0.1) is 0 Å². The zero-order chi connectivity index (χ0) is 13.7. The molecule has 1 saturated carbocycles. The Morgan fingerprint density at radius 3 is 2.68 bits per heavy atom. The molecule has 2 rings (SSSR count). The Morgan fingerprint density at radius 1 is 1.32 bits per heavy atom. The number of nitrogens with one attached hydrogen (secondary N) is 1. The molecule has 1 aromatic rings. The van der Waals surface area contributed by atoms with Gasteiger partial charge in [0, 0.05) is 11.1 Å². The Balaban J connectivity index is 1.85. The first-order valence-electron chi connectivity index (χ1n) is 7.24. The minimum atomic E-state index is 0.437. The van der Waals surface area contributed by atoms with Crippen molar-refractivity contribution in [1.29, 1.82) is 0 Å². The second-order valence-corrected chi connectivity index (χ2v) is 6.12. The van der Waals surface area contributed by atoms with Gasteiger partial charge in [0.1, 0.15) is 12.4 Å². The predicted molar refractivity (Wildman–Crippen MR) is 80.9 cm³/mol. The summed E-state index contributed by atoms with van der Waals surface area (Å²) in [7, 11) is 2.03. The molecular formula is C16H24ClNO. The molecule has 0 spiro atoms. The maximum atomic E-state index is 5.96. The molecule has 1 aromatic carbocycles. The highest BCUT2D eigenvalue weighted by molar-refractivity contribution is 6.30. The Hall–Kier alpha value is -0.730. The fourth-order valence-electron chi connectivity index (χ4n) is 2.89. The molecule has 0 saturated heterocycles. The number of hydrogen-bond acceptors (Lipinski definition) is 2. The first kappa shape index (κ1) is 14.7. The average molecular weight is 282 g/mol. The third-order valence-corrected chi connectivity index (χ3v) is 4.46. The Labute approximate surface area is 121 Å². The topological polar surface area (TPSA) is 21.3 Å². The summed E-state index contributed by atoms with van der Waals surface area (Å²) in [5.74, 6) is 2.49. The van der Waals surface area contributed by atoms with Crippen molar-refractivity contribution in [3.63, 3.8) is 0 Å². The largest absolute Gasteiger partial charge is 0.492 e. The predicted octanol–water partition coefficient (Wildman–Crippen LogP) is 4.13. The minimum Gasteiger partial charge on any atom is -0.492 e. The second kappa shape index (κ2) is 7.16. The maximum absolute atomic E-state index is 5.96. The fourth-order valence-corrected chi connectivity index (χ4v) is 3.07. The van der Waals surface area contributed by atoms with Crippen LogP contribution in [0.4, 0.5) is 0 Å². The van der Waals surface area contributed by atoms with E-state index in [2.05, 4.69) is 12.2 Å². The summed E-state index contributed by atoms with van der Waals surface area (Å²) in [4.78, 5) is 0. The van der Waals surface area contributed by atoms with Gasteiger partial charge in [0.25, 0.3) is 0 Å². The normalized spacial score (nSPS) is 25.0. The highest BCUT2D eigenvalue weighted by atomic mass is 35.5. The van der Waals surface area contributed by atoms with Gasteiger partial charge in [-0.1, -0.05) is 37.4 Å². The molecule has 0 aliphatic heterocycles. The van der Waals surface area contributed by atoms with Crippen molar-refractivity contribution >= 4 is 11.6 Å². The number of hydrogen-bond donors (Lipinski definition) is 1. The summed E-state index contributed by atoms with van der Waals surface area (Å²) in [5.41, 5.74) is 0. The van der Waals surface area contributed by atoms with Crippen LogP contribution in [0.5, 0.6) is 5.75 Å². The van der Waals surface area contributed by atoms with Crippen LogP contribution in [-0.2, 0) is 0 Å². The summed E-state index contributed by atoms with van der Waals surface area (Å²) in [6.07, 6.45) is 5.32. The first-order chi connectivity index (χ1) is 9.19. The number of rotatable bonds is 5. The molecule has 0 amide bonds. The SMILES string of the molecule is CNC(COc1cccc(Cl)c1)C1CCC(C)CC1. The molecule has 1 aliphatic carbocycles. The van der Waals surface area contributed by atoms with E-state index in [0.717, 1.165) is 29.2 Å². The average Bonchev–Trinajstić information content (AvgIpc) is 2.41. The Kier molecular flexibility index (Phi) is 5.53. The summed E-state index contributed by atoms with van der Waals surface area (Å²) in [6, 6.07) is 8.06. The van der Waals surface area contributed by atoms with E-state index in [9.17, 15) is 0 Å². The van der Waals surface area contributed by atoms with Gasteiger partial charge in [0.2, 0.25) is 0 Å². The zero-order valence-electron chi connectivity index (χ0n) is 11.9. The van der Waals surface area contributed by atoms with E-state index in [1.165, 1.54) is 25.7 Å². The quantitative estimate of drug-likeness (QED) is 0.876. The van der Waals surface area contributed by atoms with Crippen LogP contribution in [0.15, 0.2) is 24.3 Å². The molecule has 3 heteroatoms. The van der Waals surface area contributed by atoms with E-state index in [1.54, 1.807) is 0 Å². The van der Waals surface area contributed by atoms with Crippen LogP contribution in [0.25, 0.3) is 0 Å². The van der Waals surface area contributed by atoms with Gasteiger partial charge >= 0.3 is 0 Å². The first-order valence-corrected chi connectivity index (χ1v) is 7.62. The molecule has 0 heterocycles.